The van der Waals surface area contributed by atoms with E-state index in [2.05, 4.69) is 5.92 Å². The summed E-state index contributed by atoms with van der Waals surface area (Å²) in [6.45, 7) is 8.11. The maximum atomic E-state index is 5.96. The number of hydrogen-bond donors (Lipinski definition) is 0. The fourth-order valence-corrected chi connectivity index (χ4v) is 3.03. The Hall–Kier alpha value is -0.680. The zero-order chi connectivity index (χ0) is 15.3. The summed E-state index contributed by atoms with van der Waals surface area (Å²) in [6.07, 6.45) is 3.60. The summed E-state index contributed by atoms with van der Waals surface area (Å²) in [4.78, 5) is 0. The molecule has 0 saturated carbocycles. The largest absolute Gasteiger partial charge is 0.348 e. The van der Waals surface area contributed by atoms with Crippen molar-refractivity contribution in [2.24, 2.45) is 0 Å². The smallest absolute Gasteiger partial charge is 0.188 e. The first-order valence-electron chi connectivity index (χ1n) is 7.19. The van der Waals surface area contributed by atoms with Gasteiger partial charge in [-0.3, -0.25) is 0 Å². The molecule has 0 amide bonds. The molecule has 118 valence electrons. The molecule has 3 fully saturated rings. The Balaban J connectivity index is 1.74. The van der Waals surface area contributed by atoms with Crippen LogP contribution < -0.4 is 0 Å². The quantitative estimate of drug-likeness (QED) is 0.726. The maximum absolute atomic E-state index is 5.96. The van der Waals surface area contributed by atoms with Crippen molar-refractivity contribution < 1.29 is 28.4 Å². The van der Waals surface area contributed by atoms with Gasteiger partial charge in [-0.05, 0) is 27.7 Å². The first kappa shape index (κ1) is 15.2. The third kappa shape index (κ3) is 2.95. The zero-order valence-corrected chi connectivity index (χ0v) is 12.8. The predicted octanol–water partition coefficient (Wildman–Crippen LogP) is 1.03. The first-order chi connectivity index (χ1) is 9.81. The van der Waals surface area contributed by atoms with Gasteiger partial charge in [-0.2, -0.15) is 0 Å². The lowest BCUT2D eigenvalue weighted by Crippen LogP contribution is -2.40. The van der Waals surface area contributed by atoms with Crippen LogP contribution in [0, 0.1) is 12.3 Å². The van der Waals surface area contributed by atoms with Crippen molar-refractivity contribution in [2.45, 2.75) is 70.0 Å². The summed E-state index contributed by atoms with van der Waals surface area (Å²) < 4.78 is 34.8. The van der Waals surface area contributed by atoms with Gasteiger partial charge in [-0.25, -0.2) is 0 Å². The Labute approximate surface area is 125 Å². The molecule has 0 aromatic rings. The molecule has 3 aliphatic heterocycles. The monoisotopic (exact) mass is 298 g/mol. The molecular formula is C15H22O6. The van der Waals surface area contributed by atoms with E-state index in [0.717, 1.165) is 0 Å². The molecule has 6 heteroatoms. The van der Waals surface area contributed by atoms with E-state index in [1.807, 2.05) is 27.7 Å². The molecule has 6 nitrogen and oxygen atoms in total. The van der Waals surface area contributed by atoms with Crippen LogP contribution in [0.25, 0.3) is 0 Å². The van der Waals surface area contributed by atoms with E-state index in [-0.39, 0.29) is 31.0 Å². The minimum Gasteiger partial charge on any atom is -0.348 e. The van der Waals surface area contributed by atoms with E-state index < -0.39 is 17.9 Å². The van der Waals surface area contributed by atoms with Crippen LogP contribution in [0.2, 0.25) is 0 Å². The van der Waals surface area contributed by atoms with Gasteiger partial charge >= 0.3 is 0 Å². The molecule has 0 radical (unpaired) electrons. The number of fused-ring (bicyclic) bond motifs is 1. The second-order valence-corrected chi connectivity index (χ2v) is 6.42. The van der Waals surface area contributed by atoms with Gasteiger partial charge in [-0.15, -0.1) is 6.42 Å². The van der Waals surface area contributed by atoms with Gasteiger partial charge in [0.2, 0.25) is 0 Å². The van der Waals surface area contributed by atoms with Gasteiger partial charge in [0.05, 0.1) is 6.61 Å². The van der Waals surface area contributed by atoms with E-state index in [0.29, 0.717) is 6.61 Å². The van der Waals surface area contributed by atoms with Crippen molar-refractivity contribution in [3.05, 3.63) is 0 Å². The lowest BCUT2D eigenvalue weighted by Gasteiger charge is -2.26. The van der Waals surface area contributed by atoms with Crippen LogP contribution in [0.5, 0.6) is 0 Å². The summed E-state index contributed by atoms with van der Waals surface area (Å²) in [7, 11) is 0. The Morgan fingerprint density at radius 2 is 1.76 bits per heavy atom. The summed E-state index contributed by atoms with van der Waals surface area (Å²) >= 11 is 0. The molecular weight excluding hydrogens is 276 g/mol. The highest BCUT2D eigenvalue weighted by molar-refractivity contribution is 5.00. The molecule has 3 aliphatic rings. The van der Waals surface area contributed by atoms with Crippen molar-refractivity contribution in [2.75, 3.05) is 13.2 Å². The number of rotatable bonds is 3. The SMILES string of the molecule is C#CCO[C@@H]1O[C@H]([C@H]2COC(C)(C)O2)[C@@H]2OC(C)(C)O[C@H]12. The normalized spacial score (nSPS) is 43.7. The summed E-state index contributed by atoms with van der Waals surface area (Å²) in [5.74, 6) is 1.15. The first-order valence-corrected chi connectivity index (χ1v) is 7.19. The third-order valence-corrected chi connectivity index (χ3v) is 3.77. The molecule has 3 heterocycles. The minimum atomic E-state index is -0.676. The molecule has 0 bridgehead atoms. The van der Waals surface area contributed by atoms with Crippen molar-refractivity contribution >= 4 is 0 Å². The predicted molar refractivity (Wildman–Crippen MR) is 72.2 cm³/mol. The highest BCUT2D eigenvalue weighted by atomic mass is 16.8. The van der Waals surface area contributed by atoms with Crippen LogP contribution >= 0.6 is 0 Å². The lowest BCUT2D eigenvalue weighted by atomic mass is 10.1. The van der Waals surface area contributed by atoms with E-state index in [1.54, 1.807) is 0 Å². The average Bonchev–Trinajstić information content (AvgIpc) is 2.98. The minimum absolute atomic E-state index is 0.165. The lowest BCUT2D eigenvalue weighted by molar-refractivity contribution is -0.244. The molecule has 3 saturated heterocycles. The maximum Gasteiger partial charge on any atom is 0.188 e. The fraction of sp³-hybridized carbons (Fsp3) is 0.867. The van der Waals surface area contributed by atoms with E-state index in [4.69, 9.17) is 34.8 Å². The van der Waals surface area contributed by atoms with Crippen LogP contribution in [-0.4, -0.2) is 55.5 Å². The van der Waals surface area contributed by atoms with Crippen molar-refractivity contribution in [3.8, 4) is 12.3 Å². The van der Waals surface area contributed by atoms with E-state index >= 15 is 0 Å². The van der Waals surface area contributed by atoms with Gasteiger partial charge in [0.15, 0.2) is 17.9 Å². The topological polar surface area (TPSA) is 55.4 Å². The molecule has 5 atom stereocenters. The van der Waals surface area contributed by atoms with Crippen molar-refractivity contribution in [3.63, 3.8) is 0 Å². The Bertz CT molecular complexity index is 440. The second-order valence-electron chi connectivity index (χ2n) is 6.42. The molecule has 0 aliphatic carbocycles. The second kappa shape index (κ2) is 5.20. The Kier molecular flexibility index (Phi) is 3.77. The van der Waals surface area contributed by atoms with Gasteiger partial charge in [0.25, 0.3) is 0 Å². The Morgan fingerprint density at radius 1 is 1.05 bits per heavy atom. The molecule has 0 aromatic carbocycles. The summed E-state index contributed by atoms with van der Waals surface area (Å²) in [6, 6.07) is 0. The third-order valence-electron chi connectivity index (χ3n) is 3.77. The zero-order valence-electron chi connectivity index (χ0n) is 12.8. The summed E-state index contributed by atoms with van der Waals surface area (Å²) in [5.41, 5.74) is 0. The fourth-order valence-electron chi connectivity index (χ4n) is 3.03. The highest BCUT2D eigenvalue weighted by Gasteiger charge is 2.59. The standard InChI is InChI=1S/C15H22O6/c1-6-7-16-13-12-11(20-15(4,5)21-12)10(18-13)9-8-17-14(2,3)19-9/h1,9-13H,7-8H2,2-5H3/t9-,10-,11+,12+,13-/m1/s1. The van der Waals surface area contributed by atoms with Gasteiger partial charge in [0.1, 0.15) is 31.0 Å². The number of hydrogen-bond acceptors (Lipinski definition) is 6. The van der Waals surface area contributed by atoms with Crippen LogP contribution in [0.4, 0.5) is 0 Å². The average molecular weight is 298 g/mol. The van der Waals surface area contributed by atoms with E-state index in [1.165, 1.54) is 0 Å². The molecule has 0 N–H and O–H groups in total. The van der Waals surface area contributed by atoms with Gasteiger partial charge in [0, 0.05) is 0 Å². The van der Waals surface area contributed by atoms with Crippen LogP contribution in [-0.2, 0) is 28.4 Å². The van der Waals surface area contributed by atoms with Crippen molar-refractivity contribution in [1.82, 2.24) is 0 Å². The van der Waals surface area contributed by atoms with Crippen LogP contribution in [0.15, 0.2) is 0 Å². The molecule has 3 rings (SSSR count). The number of terminal acetylenes is 1. The van der Waals surface area contributed by atoms with Crippen LogP contribution in [0.1, 0.15) is 27.7 Å². The molecule has 0 unspecified atom stereocenters. The molecule has 0 aromatic heterocycles. The van der Waals surface area contributed by atoms with Crippen molar-refractivity contribution in [1.29, 1.82) is 0 Å². The molecule has 21 heavy (non-hydrogen) atoms. The van der Waals surface area contributed by atoms with Crippen LogP contribution in [0.3, 0.4) is 0 Å². The number of ether oxygens (including phenoxy) is 6. The molecule has 0 spiro atoms. The Morgan fingerprint density at radius 3 is 2.38 bits per heavy atom. The van der Waals surface area contributed by atoms with Gasteiger partial charge < -0.3 is 28.4 Å². The van der Waals surface area contributed by atoms with E-state index in [9.17, 15) is 0 Å². The summed E-state index contributed by atoms with van der Waals surface area (Å²) in [5, 5.41) is 0. The highest BCUT2D eigenvalue weighted by Crippen LogP contribution is 2.42. The van der Waals surface area contributed by atoms with Gasteiger partial charge in [-0.1, -0.05) is 5.92 Å².